The summed E-state index contributed by atoms with van der Waals surface area (Å²) in [7, 11) is 2.05. The molecule has 2 N–H and O–H groups in total. The van der Waals surface area contributed by atoms with E-state index in [1.165, 1.54) is 5.56 Å². The minimum Gasteiger partial charge on any atom is -0.398 e. The maximum Gasteiger partial charge on any atom is 0.133 e. The third-order valence-corrected chi connectivity index (χ3v) is 2.32. The average Bonchev–Trinajstić information content (AvgIpc) is 2.33. The Morgan fingerprint density at radius 2 is 2.33 bits per heavy atom. The monoisotopic (exact) mass is 163 g/mol. The standard InChI is InChI=1S/C9H13N3/c1-6-5-8(10)7-3-4-12(2)9(7)11-6/h5H,3-4H2,1-2H3,(H2,10,11). The highest BCUT2D eigenvalue weighted by molar-refractivity contribution is 5.64. The first kappa shape index (κ1) is 7.40. The molecule has 0 atom stereocenters. The fourth-order valence-corrected chi connectivity index (χ4v) is 1.67. The summed E-state index contributed by atoms with van der Waals surface area (Å²) < 4.78 is 0. The summed E-state index contributed by atoms with van der Waals surface area (Å²) in [4.78, 5) is 6.59. The van der Waals surface area contributed by atoms with E-state index in [4.69, 9.17) is 5.73 Å². The number of pyridine rings is 1. The van der Waals surface area contributed by atoms with Crippen molar-refractivity contribution in [2.75, 3.05) is 24.2 Å². The summed E-state index contributed by atoms with van der Waals surface area (Å²) in [6.45, 7) is 3.01. The molecule has 0 bridgehead atoms. The topological polar surface area (TPSA) is 42.1 Å². The Hall–Kier alpha value is -1.25. The lowest BCUT2D eigenvalue weighted by Gasteiger charge is -2.11. The van der Waals surface area contributed by atoms with Crippen molar-refractivity contribution in [2.45, 2.75) is 13.3 Å². The molecular weight excluding hydrogens is 150 g/mol. The number of hydrogen-bond donors (Lipinski definition) is 1. The van der Waals surface area contributed by atoms with Gasteiger partial charge in [0.2, 0.25) is 0 Å². The highest BCUT2D eigenvalue weighted by Crippen LogP contribution is 2.29. The summed E-state index contributed by atoms with van der Waals surface area (Å²) in [5.41, 5.74) is 8.97. The first-order valence-corrected chi connectivity index (χ1v) is 4.15. The molecule has 64 valence electrons. The number of rotatable bonds is 0. The molecule has 0 saturated heterocycles. The molecule has 0 amide bonds. The van der Waals surface area contributed by atoms with E-state index in [1.807, 2.05) is 13.0 Å². The molecule has 1 aliphatic heterocycles. The Kier molecular flexibility index (Phi) is 1.46. The summed E-state index contributed by atoms with van der Waals surface area (Å²) in [5, 5.41) is 0. The molecule has 0 aromatic carbocycles. The molecule has 1 aliphatic rings. The molecule has 0 fully saturated rings. The number of aryl methyl sites for hydroxylation is 1. The second kappa shape index (κ2) is 2.37. The number of fused-ring (bicyclic) bond motifs is 1. The Bertz CT molecular complexity index is 320. The normalized spacial score (nSPS) is 15.0. The van der Waals surface area contributed by atoms with Gasteiger partial charge in [-0.2, -0.15) is 0 Å². The maximum absolute atomic E-state index is 5.87. The molecule has 0 spiro atoms. The van der Waals surface area contributed by atoms with Gasteiger partial charge < -0.3 is 10.6 Å². The molecular formula is C9H13N3. The van der Waals surface area contributed by atoms with Crippen molar-refractivity contribution in [1.29, 1.82) is 0 Å². The van der Waals surface area contributed by atoms with Gasteiger partial charge in [-0.05, 0) is 19.4 Å². The minimum atomic E-state index is 0.891. The van der Waals surface area contributed by atoms with E-state index in [0.717, 1.165) is 30.2 Å². The quantitative estimate of drug-likeness (QED) is 0.619. The predicted molar refractivity (Wildman–Crippen MR) is 50.4 cm³/mol. The van der Waals surface area contributed by atoms with Gasteiger partial charge in [0.15, 0.2) is 0 Å². The predicted octanol–water partition coefficient (Wildman–Crippen LogP) is 0.965. The van der Waals surface area contributed by atoms with Gasteiger partial charge in [-0.15, -0.1) is 0 Å². The zero-order valence-corrected chi connectivity index (χ0v) is 7.46. The number of nitrogens with zero attached hydrogens (tertiary/aromatic N) is 2. The molecule has 3 heteroatoms. The van der Waals surface area contributed by atoms with Crippen molar-refractivity contribution in [3.63, 3.8) is 0 Å². The third-order valence-electron chi connectivity index (χ3n) is 2.32. The van der Waals surface area contributed by atoms with Crippen molar-refractivity contribution in [1.82, 2.24) is 4.98 Å². The van der Waals surface area contributed by atoms with Gasteiger partial charge in [-0.25, -0.2) is 4.98 Å². The van der Waals surface area contributed by atoms with Crippen molar-refractivity contribution in [3.05, 3.63) is 17.3 Å². The van der Waals surface area contributed by atoms with E-state index >= 15 is 0 Å². The number of nitrogen functional groups attached to an aromatic ring is 1. The van der Waals surface area contributed by atoms with Gasteiger partial charge in [-0.3, -0.25) is 0 Å². The number of nitrogens with two attached hydrogens (primary N) is 1. The Morgan fingerprint density at radius 3 is 3.08 bits per heavy atom. The van der Waals surface area contributed by atoms with Crippen LogP contribution >= 0.6 is 0 Å². The van der Waals surface area contributed by atoms with Crippen LogP contribution in [-0.4, -0.2) is 18.6 Å². The smallest absolute Gasteiger partial charge is 0.133 e. The molecule has 1 aromatic rings. The minimum absolute atomic E-state index is 0.891. The third kappa shape index (κ3) is 0.932. The van der Waals surface area contributed by atoms with Crippen LogP contribution in [0.3, 0.4) is 0 Å². The summed E-state index contributed by atoms with van der Waals surface area (Å²) in [6, 6.07) is 1.94. The van der Waals surface area contributed by atoms with Gasteiger partial charge in [0.25, 0.3) is 0 Å². The SMILES string of the molecule is Cc1cc(N)c2c(n1)N(C)CC2. The molecule has 0 aliphatic carbocycles. The van der Waals surface area contributed by atoms with Gasteiger partial charge in [0, 0.05) is 30.5 Å². The van der Waals surface area contributed by atoms with Crippen LogP contribution < -0.4 is 10.6 Å². The maximum atomic E-state index is 5.87. The summed E-state index contributed by atoms with van der Waals surface area (Å²) in [5.74, 6) is 1.06. The van der Waals surface area contributed by atoms with Crippen molar-refractivity contribution >= 4 is 11.5 Å². The van der Waals surface area contributed by atoms with Crippen molar-refractivity contribution in [2.24, 2.45) is 0 Å². The van der Waals surface area contributed by atoms with Crippen LogP contribution in [-0.2, 0) is 6.42 Å². The first-order chi connectivity index (χ1) is 5.68. The Balaban J connectivity index is 2.60. The fourth-order valence-electron chi connectivity index (χ4n) is 1.67. The van der Waals surface area contributed by atoms with E-state index in [-0.39, 0.29) is 0 Å². The second-order valence-corrected chi connectivity index (χ2v) is 3.33. The van der Waals surface area contributed by atoms with E-state index in [1.54, 1.807) is 0 Å². The van der Waals surface area contributed by atoms with E-state index < -0.39 is 0 Å². The molecule has 0 radical (unpaired) electrons. The summed E-state index contributed by atoms with van der Waals surface area (Å²) in [6.07, 6.45) is 1.03. The highest BCUT2D eigenvalue weighted by atomic mass is 15.2. The molecule has 0 unspecified atom stereocenters. The van der Waals surface area contributed by atoms with Crippen LogP contribution in [0.1, 0.15) is 11.3 Å². The zero-order valence-electron chi connectivity index (χ0n) is 7.46. The van der Waals surface area contributed by atoms with Crippen LogP contribution in [0.2, 0.25) is 0 Å². The number of aromatic nitrogens is 1. The number of hydrogen-bond acceptors (Lipinski definition) is 3. The number of anilines is 2. The molecule has 0 saturated carbocycles. The van der Waals surface area contributed by atoms with Crippen LogP contribution in [0.4, 0.5) is 11.5 Å². The lowest BCUT2D eigenvalue weighted by atomic mass is 10.2. The fraction of sp³-hybridized carbons (Fsp3) is 0.444. The summed E-state index contributed by atoms with van der Waals surface area (Å²) >= 11 is 0. The van der Waals surface area contributed by atoms with Gasteiger partial charge in [0.05, 0.1) is 0 Å². The van der Waals surface area contributed by atoms with Crippen LogP contribution in [0, 0.1) is 6.92 Å². The Labute approximate surface area is 72.2 Å². The highest BCUT2D eigenvalue weighted by Gasteiger charge is 2.19. The molecule has 2 heterocycles. The van der Waals surface area contributed by atoms with Gasteiger partial charge in [0.1, 0.15) is 5.82 Å². The van der Waals surface area contributed by atoms with Crippen molar-refractivity contribution in [3.8, 4) is 0 Å². The Morgan fingerprint density at radius 1 is 1.58 bits per heavy atom. The lowest BCUT2D eigenvalue weighted by Crippen LogP contribution is -2.13. The zero-order chi connectivity index (χ0) is 8.72. The second-order valence-electron chi connectivity index (χ2n) is 3.33. The lowest BCUT2D eigenvalue weighted by molar-refractivity contribution is 0.943. The van der Waals surface area contributed by atoms with Crippen molar-refractivity contribution < 1.29 is 0 Å². The van der Waals surface area contributed by atoms with E-state index in [2.05, 4.69) is 16.9 Å². The molecule has 2 rings (SSSR count). The van der Waals surface area contributed by atoms with E-state index in [9.17, 15) is 0 Å². The first-order valence-electron chi connectivity index (χ1n) is 4.15. The van der Waals surface area contributed by atoms with Crippen LogP contribution in [0.25, 0.3) is 0 Å². The largest absolute Gasteiger partial charge is 0.398 e. The van der Waals surface area contributed by atoms with Gasteiger partial charge in [-0.1, -0.05) is 0 Å². The molecule has 12 heavy (non-hydrogen) atoms. The van der Waals surface area contributed by atoms with Gasteiger partial charge >= 0.3 is 0 Å². The number of likely N-dealkylation sites (N-methyl/N-ethyl adjacent to an activating group) is 1. The van der Waals surface area contributed by atoms with Crippen LogP contribution in [0.5, 0.6) is 0 Å². The van der Waals surface area contributed by atoms with E-state index in [0.29, 0.717) is 0 Å². The molecule has 1 aromatic heterocycles. The van der Waals surface area contributed by atoms with Crippen LogP contribution in [0.15, 0.2) is 6.07 Å². The molecule has 3 nitrogen and oxygen atoms in total. The average molecular weight is 163 g/mol.